The molecular weight excluding hydrogens is 710 g/mol. The number of nitrogens with zero attached hydrogens (tertiary/aromatic N) is 5. The first-order valence-corrected chi connectivity index (χ1v) is 18.5. The molecule has 1 aromatic carbocycles. The molecule has 0 spiro atoms. The zero-order chi connectivity index (χ0) is 30.8. The van der Waals surface area contributed by atoms with Gasteiger partial charge in [0.15, 0.2) is 0 Å². The van der Waals surface area contributed by atoms with Crippen LogP contribution in [0.5, 0.6) is 0 Å². The molecule has 13 heteroatoms. The number of benzene rings is 1. The van der Waals surface area contributed by atoms with Crippen molar-refractivity contribution in [2.75, 3.05) is 54.8 Å². The first kappa shape index (κ1) is 31.8. The number of nitrogens with two attached hydrogens (primary N) is 1. The lowest BCUT2D eigenvalue weighted by Crippen LogP contribution is -2.71. The van der Waals surface area contributed by atoms with E-state index in [0.717, 1.165) is 36.5 Å². The number of amides is 5. The summed E-state index contributed by atoms with van der Waals surface area (Å²) in [6.07, 6.45) is 6.16. The van der Waals surface area contributed by atoms with Gasteiger partial charge < -0.3 is 25.8 Å². The van der Waals surface area contributed by atoms with Gasteiger partial charge in [0.1, 0.15) is 11.7 Å². The summed E-state index contributed by atoms with van der Waals surface area (Å²) in [4.78, 5) is 51.8. The van der Waals surface area contributed by atoms with Crippen molar-refractivity contribution in [2.24, 2.45) is 5.73 Å². The van der Waals surface area contributed by atoms with Crippen molar-refractivity contribution in [1.82, 2.24) is 19.6 Å². The van der Waals surface area contributed by atoms with E-state index < -0.39 is 11.7 Å². The molecule has 238 valence electrons. The highest BCUT2D eigenvalue weighted by molar-refractivity contribution is 9.09. The maximum Gasteiger partial charge on any atom is 0.325 e. The third kappa shape index (κ3) is 6.27. The number of fused-ring (bicyclic) bond motifs is 1. The average Bonchev–Trinajstić information content (AvgIpc) is 3.52. The van der Waals surface area contributed by atoms with Gasteiger partial charge in [-0.1, -0.05) is 56.5 Å². The van der Waals surface area contributed by atoms with Crippen LogP contribution in [-0.2, 0) is 11.3 Å². The zero-order valence-electron chi connectivity index (χ0n) is 24.9. The number of piperidine rings is 3. The van der Waals surface area contributed by atoms with Crippen LogP contribution in [0.3, 0.4) is 0 Å². The summed E-state index contributed by atoms with van der Waals surface area (Å²) in [5, 5.41) is 5.23. The molecule has 6 rings (SSSR count). The number of hydrogen-bond donors (Lipinski definition) is 2. The van der Waals surface area contributed by atoms with Gasteiger partial charge in [-0.25, -0.2) is 9.59 Å². The maximum atomic E-state index is 14.4. The van der Waals surface area contributed by atoms with E-state index in [1.54, 1.807) is 26.0 Å². The van der Waals surface area contributed by atoms with E-state index in [9.17, 15) is 14.4 Å². The summed E-state index contributed by atoms with van der Waals surface area (Å²) in [6.45, 7) is 4.79. The zero-order valence-corrected chi connectivity index (χ0v) is 28.9. The SMILES string of the molecule is NC1(N2Cc3sccc3NC2=O)CCN(C(=O)N(c2ccccc2)[C@@H](CBr)C(=O)N2CCC(N3CCCCC3)CC2)CC1Br. The molecule has 5 heterocycles. The Balaban J connectivity index is 1.16. The van der Waals surface area contributed by atoms with Crippen molar-refractivity contribution in [3.05, 3.63) is 46.7 Å². The van der Waals surface area contributed by atoms with Gasteiger partial charge in [-0.2, -0.15) is 0 Å². The molecule has 1 aromatic heterocycles. The number of para-hydroxylation sites is 1. The van der Waals surface area contributed by atoms with Gasteiger partial charge in [0.25, 0.3) is 0 Å². The number of rotatable bonds is 6. The van der Waals surface area contributed by atoms with Gasteiger partial charge in [-0.15, -0.1) is 11.3 Å². The van der Waals surface area contributed by atoms with Gasteiger partial charge in [0.2, 0.25) is 5.91 Å². The highest BCUT2D eigenvalue weighted by Crippen LogP contribution is 2.37. The summed E-state index contributed by atoms with van der Waals surface area (Å²) in [5.74, 6) is -0.0338. The molecule has 3 saturated heterocycles. The predicted octanol–water partition coefficient (Wildman–Crippen LogP) is 5.09. The molecule has 2 unspecified atom stereocenters. The fraction of sp³-hybridized carbons (Fsp3) is 0.581. The normalized spacial score (nSPS) is 25.8. The fourth-order valence-corrected chi connectivity index (χ4v) is 9.27. The number of urea groups is 2. The Hall–Kier alpha value is -2.19. The van der Waals surface area contributed by atoms with Crippen molar-refractivity contribution in [3.63, 3.8) is 0 Å². The number of carbonyl (C=O) groups is 3. The molecule has 10 nitrogen and oxygen atoms in total. The molecule has 0 saturated carbocycles. The quantitative estimate of drug-likeness (QED) is 0.401. The predicted molar refractivity (Wildman–Crippen MR) is 182 cm³/mol. The number of halogens is 2. The monoisotopic (exact) mass is 749 g/mol. The number of hydrogen-bond acceptors (Lipinski definition) is 6. The first-order valence-electron chi connectivity index (χ1n) is 15.6. The Morgan fingerprint density at radius 1 is 1.05 bits per heavy atom. The molecule has 0 aliphatic carbocycles. The largest absolute Gasteiger partial charge is 0.341 e. The number of thiophene rings is 1. The third-order valence-corrected chi connectivity index (χ3v) is 12.3. The lowest BCUT2D eigenvalue weighted by molar-refractivity contribution is -0.133. The van der Waals surface area contributed by atoms with Crippen LogP contribution in [0.25, 0.3) is 0 Å². The van der Waals surface area contributed by atoms with Crippen molar-refractivity contribution < 1.29 is 14.4 Å². The minimum atomic E-state index is -0.983. The van der Waals surface area contributed by atoms with E-state index in [-0.39, 0.29) is 22.8 Å². The molecule has 2 aromatic rings. The molecule has 3 N–H and O–H groups in total. The second-order valence-electron chi connectivity index (χ2n) is 12.2. The van der Waals surface area contributed by atoms with Gasteiger partial charge in [-0.05, 0) is 62.4 Å². The number of anilines is 2. The lowest BCUT2D eigenvalue weighted by Gasteiger charge is -2.50. The van der Waals surface area contributed by atoms with Crippen LogP contribution in [0.4, 0.5) is 21.0 Å². The maximum absolute atomic E-state index is 14.4. The van der Waals surface area contributed by atoms with Crippen LogP contribution in [-0.4, -0.2) is 105 Å². The summed E-state index contributed by atoms with van der Waals surface area (Å²) in [6, 6.07) is 10.7. The average molecular weight is 752 g/mol. The van der Waals surface area contributed by atoms with Gasteiger partial charge in [0, 0.05) is 54.5 Å². The first-order chi connectivity index (χ1) is 21.3. The van der Waals surface area contributed by atoms with Crippen LogP contribution in [0, 0.1) is 0 Å². The molecular formula is C31H41Br2N7O3S. The van der Waals surface area contributed by atoms with E-state index in [4.69, 9.17) is 5.73 Å². The highest BCUT2D eigenvalue weighted by atomic mass is 79.9. The topological polar surface area (TPSA) is 105 Å². The van der Waals surface area contributed by atoms with Crippen LogP contribution in [0.2, 0.25) is 0 Å². The third-order valence-electron chi connectivity index (χ3n) is 9.68. The smallest absolute Gasteiger partial charge is 0.325 e. The van der Waals surface area contributed by atoms with E-state index in [1.807, 2.05) is 46.7 Å². The Bertz CT molecular complexity index is 1330. The molecule has 44 heavy (non-hydrogen) atoms. The Labute approximate surface area is 280 Å². The van der Waals surface area contributed by atoms with Gasteiger partial charge >= 0.3 is 12.1 Å². The standard InChI is InChI=1S/C31H41Br2N7O3S/c32-19-25(28(41)37-15-9-22(10-16-37)36-13-5-2-6-14-36)40(23-7-3-1-4-8-23)30(43)38-17-12-31(34,27(33)21-38)39-20-26-24(11-18-44-26)35-29(39)42/h1,3-4,7-8,11,18,22,25,27H,2,5-6,9-10,12-17,19-21,34H2,(H,35,42)/t25-,27?,31?/m0/s1. The number of alkyl halides is 2. The minimum Gasteiger partial charge on any atom is -0.341 e. The Kier molecular flexibility index (Phi) is 9.87. The minimum absolute atomic E-state index is 0.0338. The second kappa shape index (κ2) is 13.7. The molecule has 3 fully saturated rings. The van der Waals surface area contributed by atoms with Crippen molar-refractivity contribution in [1.29, 1.82) is 0 Å². The van der Waals surface area contributed by atoms with Crippen LogP contribution in [0.15, 0.2) is 41.8 Å². The van der Waals surface area contributed by atoms with E-state index in [2.05, 4.69) is 42.1 Å². The Morgan fingerprint density at radius 2 is 1.77 bits per heavy atom. The number of carbonyl (C=O) groups excluding carboxylic acids is 3. The number of nitrogens with one attached hydrogen (secondary N) is 1. The number of likely N-dealkylation sites (tertiary alicyclic amines) is 3. The van der Waals surface area contributed by atoms with Gasteiger partial charge in [-0.3, -0.25) is 14.6 Å². The van der Waals surface area contributed by atoms with E-state index in [0.29, 0.717) is 56.2 Å². The van der Waals surface area contributed by atoms with Crippen LogP contribution in [0.1, 0.15) is 43.4 Å². The van der Waals surface area contributed by atoms with Crippen molar-refractivity contribution in [2.45, 2.75) is 67.6 Å². The highest BCUT2D eigenvalue weighted by Gasteiger charge is 2.49. The summed E-state index contributed by atoms with van der Waals surface area (Å²) < 4.78 is 0. The molecule has 0 radical (unpaired) electrons. The summed E-state index contributed by atoms with van der Waals surface area (Å²) in [5.41, 5.74) is 7.46. The van der Waals surface area contributed by atoms with Crippen molar-refractivity contribution in [3.8, 4) is 0 Å². The fourth-order valence-electron chi connectivity index (χ4n) is 7.06. The second-order valence-corrected chi connectivity index (χ2v) is 15.0. The molecule has 3 atom stereocenters. The van der Waals surface area contributed by atoms with Crippen molar-refractivity contribution >= 4 is 72.5 Å². The van der Waals surface area contributed by atoms with Crippen LogP contribution < -0.4 is 16.0 Å². The molecule has 4 aliphatic rings. The molecule has 5 amide bonds. The summed E-state index contributed by atoms with van der Waals surface area (Å²) >= 11 is 8.95. The Morgan fingerprint density at radius 3 is 2.45 bits per heavy atom. The van der Waals surface area contributed by atoms with Crippen LogP contribution >= 0.6 is 43.2 Å². The lowest BCUT2D eigenvalue weighted by atomic mass is 9.95. The molecule has 0 bridgehead atoms. The van der Waals surface area contributed by atoms with E-state index >= 15 is 0 Å². The van der Waals surface area contributed by atoms with Gasteiger partial charge in [0.05, 0.1) is 17.1 Å². The summed E-state index contributed by atoms with van der Waals surface area (Å²) in [7, 11) is 0. The van der Waals surface area contributed by atoms with E-state index in [1.165, 1.54) is 19.3 Å². The molecule has 4 aliphatic heterocycles.